The first-order valence-electron chi connectivity index (χ1n) is 7.05. The van der Waals surface area contributed by atoms with Gasteiger partial charge in [-0.05, 0) is 38.5 Å². The van der Waals surface area contributed by atoms with E-state index in [0.29, 0.717) is 25.4 Å². The molecule has 0 aliphatic carbocycles. The zero-order chi connectivity index (χ0) is 15.0. The molecule has 0 saturated carbocycles. The smallest absolute Gasteiger partial charge is 0.236 e. The summed E-state index contributed by atoms with van der Waals surface area (Å²) in [4.78, 5) is 13.6. The molecule has 0 aliphatic rings. The van der Waals surface area contributed by atoms with E-state index < -0.39 is 0 Å². The summed E-state index contributed by atoms with van der Waals surface area (Å²) in [6.07, 6.45) is 0. The first-order valence-corrected chi connectivity index (χ1v) is 7.05. The average molecular weight is 280 g/mol. The molecule has 5 heteroatoms. The minimum Gasteiger partial charge on any atom is -0.504 e. The number of hydrogen-bond donors (Lipinski definition) is 2. The predicted octanol–water partition coefficient (Wildman–Crippen LogP) is 1.75. The number of nitrogens with zero attached hydrogens (tertiary/aromatic N) is 1. The van der Waals surface area contributed by atoms with Crippen molar-refractivity contribution in [1.29, 1.82) is 0 Å². The van der Waals surface area contributed by atoms with Crippen LogP contribution in [-0.2, 0) is 11.3 Å². The molecule has 0 spiro atoms. The number of likely N-dealkylation sites (N-methyl/N-ethyl adjacent to an activating group) is 1. The van der Waals surface area contributed by atoms with E-state index in [2.05, 4.69) is 5.32 Å². The molecule has 0 saturated heterocycles. The molecular formula is C15H24N2O3. The van der Waals surface area contributed by atoms with Gasteiger partial charge in [-0.25, -0.2) is 0 Å². The number of benzene rings is 1. The van der Waals surface area contributed by atoms with E-state index in [4.69, 9.17) is 4.74 Å². The van der Waals surface area contributed by atoms with Crippen LogP contribution < -0.4 is 10.1 Å². The quantitative estimate of drug-likeness (QED) is 0.761. The molecule has 1 amide bonds. The minimum atomic E-state index is 0.0961. The number of phenolic OH excluding ortho intramolecular Hbond substituents is 1. The Morgan fingerprint density at radius 2 is 2.00 bits per heavy atom. The maximum absolute atomic E-state index is 11.8. The van der Waals surface area contributed by atoms with Crippen molar-refractivity contribution >= 4 is 5.91 Å². The lowest BCUT2D eigenvalue weighted by atomic mass is 10.2. The number of rotatable bonds is 8. The number of aromatic hydroxyl groups is 1. The second-order valence-electron chi connectivity index (χ2n) is 4.40. The summed E-state index contributed by atoms with van der Waals surface area (Å²) in [6.45, 7) is 8.64. The molecule has 0 fully saturated rings. The Kier molecular flexibility index (Phi) is 6.87. The van der Waals surface area contributed by atoms with Crippen molar-refractivity contribution in [2.75, 3.05) is 26.2 Å². The lowest BCUT2D eigenvalue weighted by Crippen LogP contribution is -2.37. The summed E-state index contributed by atoms with van der Waals surface area (Å²) < 4.78 is 5.32. The van der Waals surface area contributed by atoms with Crippen molar-refractivity contribution in [2.45, 2.75) is 27.3 Å². The normalized spacial score (nSPS) is 10.3. The second-order valence-corrected chi connectivity index (χ2v) is 4.40. The largest absolute Gasteiger partial charge is 0.504 e. The molecule has 20 heavy (non-hydrogen) atoms. The minimum absolute atomic E-state index is 0.0961. The van der Waals surface area contributed by atoms with E-state index in [-0.39, 0.29) is 11.7 Å². The number of carbonyl (C=O) groups is 1. The van der Waals surface area contributed by atoms with Gasteiger partial charge in [-0.2, -0.15) is 0 Å². The number of ether oxygens (including phenoxy) is 1. The highest BCUT2D eigenvalue weighted by atomic mass is 16.5. The van der Waals surface area contributed by atoms with Gasteiger partial charge < -0.3 is 20.1 Å². The Labute approximate surface area is 120 Å². The summed E-state index contributed by atoms with van der Waals surface area (Å²) in [6, 6.07) is 5.20. The fraction of sp³-hybridized carbons (Fsp3) is 0.533. The molecule has 0 bridgehead atoms. The summed E-state index contributed by atoms with van der Waals surface area (Å²) >= 11 is 0. The third kappa shape index (κ3) is 4.74. The Hall–Kier alpha value is -1.75. The molecule has 1 aromatic rings. The molecular weight excluding hydrogens is 256 g/mol. The van der Waals surface area contributed by atoms with E-state index in [1.54, 1.807) is 17.0 Å². The molecule has 2 N–H and O–H groups in total. The number of nitrogens with one attached hydrogen (secondary N) is 1. The van der Waals surface area contributed by atoms with Gasteiger partial charge in [-0.1, -0.05) is 6.07 Å². The van der Waals surface area contributed by atoms with Crippen LogP contribution in [0.15, 0.2) is 18.2 Å². The Morgan fingerprint density at radius 3 is 2.60 bits per heavy atom. The molecule has 0 heterocycles. The zero-order valence-electron chi connectivity index (χ0n) is 12.5. The van der Waals surface area contributed by atoms with Gasteiger partial charge in [0.1, 0.15) is 0 Å². The van der Waals surface area contributed by atoms with Crippen LogP contribution in [0.4, 0.5) is 0 Å². The highest BCUT2D eigenvalue weighted by Crippen LogP contribution is 2.26. The number of carbonyl (C=O) groups excluding carboxylic acids is 1. The number of amides is 1. The van der Waals surface area contributed by atoms with Gasteiger partial charge in [0, 0.05) is 19.6 Å². The molecule has 0 atom stereocenters. The maximum Gasteiger partial charge on any atom is 0.236 e. The first kappa shape index (κ1) is 16.3. The van der Waals surface area contributed by atoms with Gasteiger partial charge in [0.2, 0.25) is 5.91 Å². The Morgan fingerprint density at radius 1 is 1.30 bits per heavy atom. The van der Waals surface area contributed by atoms with Crippen molar-refractivity contribution in [2.24, 2.45) is 0 Å². The summed E-state index contributed by atoms with van der Waals surface area (Å²) in [5, 5.41) is 12.7. The van der Waals surface area contributed by atoms with Crippen LogP contribution in [0.5, 0.6) is 11.5 Å². The zero-order valence-corrected chi connectivity index (χ0v) is 12.5. The van der Waals surface area contributed by atoms with Crippen LogP contribution in [0, 0.1) is 0 Å². The molecule has 1 rings (SSSR count). The van der Waals surface area contributed by atoms with Crippen molar-refractivity contribution in [3.8, 4) is 11.5 Å². The lowest BCUT2D eigenvalue weighted by molar-refractivity contribution is -0.129. The number of phenols is 1. The highest BCUT2D eigenvalue weighted by Gasteiger charge is 2.09. The highest BCUT2D eigenvalue weighted by molar-refractivity contribution is 5.78. The Balaban J connectivity index is 2.49. The van der Waals surface area contributed by atoms with E-state index >= 15 is 0 Å². The Bertz CT molecular complexity index is 431. The van der Waals surface area contributed by atoms with Gasteiger partial charge >= 0.3 is 0 Å². The van der Waals surface area contributed by atoms with E-state index in [1.807, 2.05) is 26.8 Å². The van der Waals surface area contributed by atoms with Crippen LogP contribution in [0.1, 0.15) is 26.3 Å². The van der Waals surface area contributed by atoms with Gasteiger partial charge in [-0.3, -0.25) is 4.79 Å². The van der Waals surface area contributed by atoms with Crippen LogP contribution >= 0.6 is 0 Å². The molecule has 0 unspecified atom stereocenters. The number of hydrogen-bond acceptors (Lipinski definition) is 4. The predicted molar refractivity (Wildman–Crippen MR) is 78.9 cm³/mol. The molecule has 1 aromatic carbocycles. The van der Waals surface area contributed by atoms with Crippen LogP contribution in [0.25, 0.3) is 0 Å². The van der Waals surface area contributed by atoms with Crippen molar-refractivity contribution in [1.82, 2.24) is 10.2 Å². The topological polar surface area (TPSA) is 61.8 Å². The van der Waals surface area contributed by atoms with Crippen LogP contribution in [-0.4, -0.2) is 42.2 Å². The molecule has 5 nitrogen and oxygen atoms in total. The lowest BCUT2D eigenvalue weighted by Gasteiger charge is -2.18. The second kappa shape index (κ2) is 8.43. The monoisotopic (exact) mass is 280 g/mol. The summed E-state index contributed by atoms with van der Waals surface area (Å²) in [5.74, 6) is 0.704. The average Bonchev–Trinajstić information content (AvgIpc) is 2.44. The van der Waals surface area contributed by atoms with E-state index in [1.165, 1.54) is 0 Å². The fourth-order valence-corrected chi connectivity index (χ4v) is 1.94. The van der Waals surface area contributed by atoms with Crippen molar-refractivity contribution in [3.63, 3.8) is 0 Å². The third-order valence-electron chi connectivity index (χ3n) is 3.05. The van der Waals surface area contributed by atoms with Crippen molar-refractivity contribution in [3.05, 3.63) is 23.8 Å². The van der Waals surface area contributed by atoms with Gasteiger partial charge in [0.05, 0.1) is 13.2 Å². The standard InChI is InChI=1S/C15H24N2O3/c1-4-17(5-2)15(19)11-16-10-12-7-8-13(18)14(9-12)20-6-3/h7-9,16,18H,4-6,10-11H2,1-3H3. The van der Waals surface area contributed by atoms with Gasteiger partial charge in [0.15, 0.2) is 11.5 Å². The van der Waals surface area contributed by atoms with Crippen molar-refractivity contribution < 1.29 is 14.6 Å². The van der Waals surface area contributed by atoms with E-state index in [9.17, 15) is 9.90 Å². The van der Waals surface area contributed by atoms with Crippen LogP contribution in [0.2, 0.25) is 0 Å². The van der Waals surface area contributed by atoms with E-state index in [0.717, 1.165) is 18.7 Å². The fourth-order valence-electron chi connectivity index (χ4n) is 1.94. The summed E-state index contributed by atoms with van der Waals surface area (Å²) in [7, 11) is 0. The summed E-state index contributed by atoms with van der Waals surface area (Å²) in [5.41, 5.74) is 0.971. The molecule has 0 aliphatic heterocycles. The van der Waals surface area contributed by atoms with Gasteiger partial charge in [0.25, 0.3) is 0 Å². The third-order valence-corrected chi connectivity index (χ3v) is 3.05. The first-order chi connectivity index (χ1) is 9.62. The molecule has 112 valence electrons. The SMILES string of the molecule is CCOc1cc(CNCC(=O)N(CC)CC)ccc1O. The van der Waals surface area contributed by atoms with Gasteiger partial charge in [-0.15, -0.1) is 0 Å². The maximum atomic E-state index is 11.8. The molecule has 0 aromatic heterocycles. The van der Waals surface area contributed by atoms with Crippen LogP contribution in [0.3, 0.4) is 0 Å². The molecule has 0 radical (unpaired) electrons.